The summed E-state index contributed by atoms with van der Waals surface area (Å²) in [6, 6.07) is 5.97. The number of likely N-dealkylation sites (N-methyl/N-ethyl adjacent to an activating group) is 1. The van der Waals surface area contributed by atoms with Crippen molar-refractivity contribution in [1.82, 2.24) is 10.2 Å². The van der Waals surface area contributed by atoms with Gasteiger partial charge in [-0.15, -0.1) is 0 Å². The Morgan fingerprint density at radius 2 is 1.69 bits per heavy atom. The third-order valence-electron chi connectivity index (χ3n) is 7.32. The van der Waals surface area contributed by atoms with Crippen LogP contribution in [0, 0.1) is 29.0 Å². The third-order valence-corrected chi connectivity index (χ3v) is 7.32. The van der Waals surface area contributed by atoms with Crippen LogP contribution in [0.3, 0.4) is 0 Å². The number of anilines is 1. The average molecular weight is 402 g/mol. The Balaban J connectivity index is 1.25. The molecule has 1 aromatic rings. The van der Waals surface area contributed by atoms with Gasteiger partial charge in [-0.05, 0) is 93.9 Å². The minimum absolute atomic E-state index is 0.0331. The van der Waals surface area contributed by atoms with E-state index in [2.05, 4.69) is 17.6 Å². The Hall–Kier alpha value is -1.95. The lowest BCUT2D eigenvalue weighted by molar-refractivity contribution is -0.127. The Morgan fingerprint density at radius 3 is 2.28 bits per heavy atom. The molecule has 4 bridgehead atoms. The zero-order valence-corrected chi connectivity index (χ0v) is 17.4. The van der Waals surface area contributed by atoms with Crippen molar-refractivity contribution in [3.8, 4) is 0 Å². The van der Waals surface area contributed by atoms with Crippen LogP contribution >= 0.6 is 0 Å². The highest BCUT2D eigenvalue weighted by atomic mass is 19.1. The smallest absolute Gasteiger partial charge is 0.238 e. The van der Waals surface area contributed by atoms with Crippen LogP contribution in [0.1, 0.15) is 45.4 Å². The van der Waals surface area contributed by atoms with Crippen molar-refractivity contribution in [2.45, 2.75) is 51.5 Å². The quantitative estimate of drug-likeness (QED) is 0.736. The van der Waals surface area contributed by atoms with E-state index in [1.165, 1.54) is 50.7 Å². The van der Waals surface area contributed by atoms with E-state index in [4.69, 9.17) is 0 Å². The molecule has 4 saturated carbocycles. The first-order valence-corrected chi connectivity index (χ1v) is 10.8. The molecule has 5 nitrogen and oxygen atoms in total. The van der Waals surface area contributed by atoms with Crippen LogP contribution in [-0.2, 0) is 9.59 Å². The molecule has 0 aliphatic heterocycles. The number of carbonyl (C=O) groups is 2. The van der Waals surface area contributed by atoms with E-state index in [1.807, 2.05) is 0 Å². The lowest BCUT2D eigenvalue weighted by Crippen LogP contribution is -2.56. The summed E-state index contributed by atoms with van der Waals surface area (Å²) in [7, 11) is 1.75. The zero-order chi connectivity index (χ0) is 20.6. The van der Waals surface area contributed by atoms with Gasteiger partial charge in [0.25, 0.3) is 0 Å². The van der Waals surface area contributed by atoms with Crippen molar-refractivity contribution in [2.75, 3.05) is 25.5 Å². The maximum Gasteiger partial charge on any atom is 0.238 e. The Morgan fingerprint density at radius 1 is 1.10 bits per heavy atom. The largest absolute Gasteiger partial charge is 0.352 e. The Labute approximate surface area is 172 Å². The summed E-state index contributed by atoms with van der Waals surface area (Å²) in [5.74, 6) is 1.88. The summed E-state index contributed by atoms with van der Waals surface area (Å²) in [6.45, 7) is 2.42. The predicted octanol–water partition coefficient (Wildman–Crippen LogP) is 3.42. The minimum atomic E-state index is -0.394. The van der Waals surface area contributed by atoms with Crippen molar-refractivity contribution in [3.05, 3.63) is 30.1 Å². The molecule has 4 fully saturated rings. The highest BCUT2D eigenvalue weighted by Gasteiger charge is 2.53. The minimum Gasteiger partial charge on any atom is -0.352 e. The monoisotopic (exact) mass is 401 g/mol. The highest BCUT2D eigenvalue weighted by Crippen LogP contribution is 2.61. The molecule has 0 heterocycles. The van der Waals surface area contributed by atoms with Crippen molar-refractivity contribution in [3.63, 3.8) is 0 Å². The van der Waals surface area contributed by atoms with Crippen LogP contribution in [0.15, 0.2) is 24.3 Å². The summed E-state index contributed by atoms with van der Waals surface area (Å²) < 4.78 is 13.2. The summed E-state index contributed by atoms with van der Waals surface area (Å²) in [6.07, 6.45) is 7.94. The van der Waals surface area contributed by atoms with E-state index < -0.39 is 5.82 Å². The van der Waals surface area contributed by atoms with Gasteiger partial charge in [0.15, 0.2) is 0 Å². The molecule has 0 spiro atoms. The molecule has 2 N–H and O–H groups in total. The molecule has 4 aliphatic carbocycles. The number of carbonyl (C=O) groups excluding carboxylic acids is 2. The molecule has 0 radical (unpaired) electrons. The number of benzene rings is 1. The van der Waals surface area contributed by atoms with Gasteiger partial charge < -0.3 is 10.6 Å². The fourth-order valence-corrected chi connectivity index (χ4v) is 6.46. The van der Waals surface area contributed by atoms with E-state index in [-0.39, 0.29) is 36.4 Å². The molecule has 2 amide bonds. The topological polar surface area (TPSA) is 61.4 Å². The summed E-state index contributed by atoms with van der Waals surface area (Å²) in [4.78, 5) is 26.5. The molecule has 1 atom stereocenters. The number of nitrogens with zero attached hydrogens (tertiary/aromatic N) is 1. The first-order chi connectivity index (χ1) is 13.8. The van der Waals surface area contributed by atoms with Gasteiger partial charge in [-0.2, -0.15) is 0 Å². The summed E-state index contributed by atoms with van der Waals surface area (Å²) >= 11 is 0. The van der Waals surface area contributed by atoms with E-state index in [0.717, 1.165) is 17.8 Å². The first-order valence-electron chi connectivity index (χ1n) is 10.8. The highest BCUT2D eigenvalue weighted by molar-refractivity contribution is 5.92. The predicted molar refractivity (Wildman–Crippen MR) is 111 cm³/mol. The van der Waals surface area contributed by atoms with Crippen LogP contribution in [0.5, 0.6) is 0 Å². The van der Waals surface area contributed by atoms with Crippen molar-refractivity contribution < 1.29 is 14.0 Å². The molecule has 0 unspecified atom stereocenters. The van der Waals surface area contributed by atoms with E-state index in [1.54, 1.807) is 24.1 Å². The SMILES string of the molecule is C[C@@H](NC(=O)CN(C)CC(=O)Nc1cccc(F)c1)C12CC3CC(CC(C3)C1)C2. The number of rotatable bonds is 7. The molecule has 1 aromatic carbocycles. The van der Waals surface area contributed by atoms with Crippen LogP contribution in [0.25, 0.3) is 0 Å². The zero-order valence-electron chi connectivity index (χ0n) is 17.4. The number of nitrogens with one attached hydrogen (secondary N) is 2. The molecular weight excluding hydrogens is 369 g/mol. The van der Waals surface area contributed by atoms with Crippen molar-refractivity contribution in [2.24, 2.45) is 23.2 Å². The molecule has 5 rings (SSSR count). The Kier molecular flexibility index (Phi) is 5.65. The standard InChI is InChI=1S/C23H32FN3O2/c1-15(23-10-16-6-17(11-23)8-18(7-16)12-23)25-21(28)13-27(2)14-22(29)26-20-5-3-4-19(24)9-20/h3-5,9,15-18H,6-8,10-14H2,1-2H3,(H,25,28)(H,26,29)/t15-,16?,17?,18?,23?/m1/s1. The Bertz CT molecular complexity index is 746. The number of halogens is 1. The normalized spacial score (nSPS) is 31.0. The van der Waals surface area contributed by atoms with Gasteiger partial charge in [0.2, 0.25) is 11.8 Å². The van der Waals surface area contributed by atoms with E-state index >= 15 is 0 Å². The second-order valence-electron chi connectivity index (χ2n) is 9.80. The maximum absolute atomic E-state index is 13.2. The third kappa shape index (κ3) is 4.63. The molecule has 0 aromatic heterocycles. The van der Waals surface area contributed by atoms with Crippen molar-refractivity contribution in [1.29, 1.82) is 0 Å². The van der Waals surface area contributed by atoms with Crippen LogP contribution in [-0.4, -0.2) is 42.9 Å². The van der Waals surface area contributed by atoms with Crippen LogP contribution in [0.2, 0.25) is 0 Å². The fourth-order valence-electron chi connectivity index (χ4n) is 6.46. The van der Waals surface area contributed by atoms with Gasteiger partial charge in [0.05, 0.1) is 13.1 Å². The van der Waals surface area contributed by atoms with Crippen LogP contribution in [0.4, 0.5) is 10.1 Å². The maximum atomic E-state index is 13.2. The lowest BCUT2D eigenvalue weighted by Gasteiger charge is -2.59. The van der Waals surface area contributed by atoms with E-state index in [9.17, 15) is 14.0 Å². The lowest BCUT2D eigenvalue weighted by atomic mass is 9.48. The van der Waals surface area contributed by atoms with Crippen LogP contribution < -0.4 is 10.6 Å². The summed E-state index contributed by atoms with van der Waals surface area (Å²) in [5.41, 5.74) is 0.695. The van der Waals surface area contributed by atoms with Gasteiger partial charge in [-0.25, -0.2) is 4.39 Å². The number of hydrogen-bond acceptors (Lipinski definition) is 3. The average Bonchev–Trinajstić information content (AvgIpc) is 2.59. The molecule has 4 aliphatic rings. The second-order valence-corrected chi connectivity index (χ2v) is 9.80. The number of hydrogen-bond donors (Lipinski definition) is 2. The van der Waals surface area contributed by atoms with Gasteiger partial charge in [-0.1, -0.05) is 6.07 Å². The van der Waals surface area contributed by atoms with Gasteiger partial charge >= 0.3 is 0 Å². The van der Waals surface area contributed by atoms with Gasteiger partial charge in [0, 0.05) is 11.7 Å². The molecule has 6 heteroatoms. The van der Waals surface area contributed by atoms with Gasteiger partial charge in [0.1, 0.15) is 5.82 Å². The van der Waals surface area contributed by atoms with Crippen molar-refractivity contribution >= 4 is 17.5 Å². The van der Waals surface area contributed by atoms with Gasteiger partial charge in [-0.3, -0.25) is 14.5 Å². The molecule has 0 saturated heterocycles. The molecular formula is C23H32FN3O2. The number of amides is 2. The summed E-state index contributed by atoms with van der Waals surface area (Å²) in [5, 5.41) is 5.90. The second kappa shape index (κ2) is 8.05. The van der Waals surface area contributed by atoms with E-state index in [0.29, 0.717) is 5.69 Å². The molecule has 158 valence electrons. The fraction of sp³-hybridized carbons (Fsp3) is 0.652. The molecule has 29 heavy (non-hydrogen) atoms. The first kappa shape index (κ1) is 20.3.